The third-order valence-electron chi connectivity index (χ3n) is 5.45. The smallest absolute Gasteiger partial charge is 0.257 e. The Labute approximate surface area is 179 Å². The molecule has 0 radical (unpaired) electrons. The van der Waals surface area contributed by atoms with Gasteiger partial charge in [0.15, 0.2) is 0 Å². The van der Waals surface area contributed by atoms with Gasteiger partial charge in [0.2, 0.25) is 5.91 Å². The van der Waals surface area contributed by atoms with Gasteiger partial charge in [-0.25, -0.2) is 4.98 Å². The Hall–Kier alpha value is -3.06. The lowest BCUT2D eigenvalue weighted by atomic mass is 9.95. The van der Waals surface area contributed by atoms with Gasteiger partial charge in [0.05, 0.1) is 17.7 Å². The number of amides is 2. The molecule has 2 aromatic heterocycles. The molecule has 0 bridgehead atoms. The van der Waals surface area contributed by atoms with Gasteiger partial charge in [-0.15, -0.1) is 0 Å². The zero-order chi connectivity index (χ0) is 21.1. The minimum Gasteiger partial charge on any atom is -0.472 e. The van der Waals surface area contributed by atoms with Crippen molar-refractivity contribution in [3.8, 4) is 0 Å². The first-order valence-corrected chi connectivity index (χ1v) is 10.3. The number of carbonyl (C=O) groups excluding carboxylic acids is 2. The van der Waals surface area contributed by atoms with E-state index >= 15 is 0 Å². The van der Waals surface area contributed by atoms with Crippen LogP contribution in [0.25, 0.3) is 0 Å². The van der Waals surface area contributed by atoms with Crippen molar-refractivity contribution in [2.75, 3.05) is 13.1 Å². The normalized spacial score (nSPS) is 17.5. The highest BCUT2D eigenvalue weighted by Crippen LogP contribution is 2.25. The molecule has 1 saturated heterocycles. The molecule has 30 heavy (non-hydrogen) atoms. The molecule has 1 N–H and O–H groups in total. The topological polar surface area (TPSA) is 80.4 Å². The lowest BCUT2D eigenvalue weighted by Gasteiger charge is -2.32. The summed E-state index contributed by atoms with van der Waals surface area (Å²) in [4.78, 5) is 32.0. The van der Waals surface area contributed by atoms with Crippen molar-refractivity contribution in [3.63, 3.8) is 0 Å². The first kappa shape index (κ1) is 20.2. The zero-order valence-electron chi connectivity index (χ0n) is 16.6. The van der Waals surface area contributed by atoms with Crippen LogP contribution in [0.15, 0.2) is 59.7 Å². The van der Waals surface area contributed by atoms with Crippen LogP contribution in [-0.4, -0.2) is 39.4 Å². The Morgan fingerprint density at radius 3 is 2.73 bits per heavy atom. The fourth-order valence-electron chi connectivity index (χ4n) is 3.81. The van der Waals surface area contributed by atoms with Crippen LogP contribution >= 0.6 is 11.6 Å². The van der Waals surface area contributed by atoms with Crippen molar-refractivity contribution >= 4 is 23.4 Å². The van der Waals surface area contributed by atoms with Gasteiger partial charge in [-0.3, -0.25) is 9.59 Å². The molecular weight excluding hydrogens is 404 g/mol. The van der Waals surface area contributed by atoms with E-state index in [1.54, 1.807) is 29.3 Å². The SMILES string of the molecule is Cn1ccnc1[C@H](NC(=O)[C@@H]1CCCN(C(=O)c2ccoc2)C1)c1ccc(Cl)cc1. The summed E-state index contributed by atoms with van der Waals surface area (Å²) in [5.74, 6) is 0.236. The number of carbonyl (C=O) groups is 2. The zero-order valence-corrected chi connectivity index (χ0v) is 17.4. The van der Waals surface area contributed by atoms with Gasteiger partial charge >= 0.3 is 0 Å². The van der Waals surface area contributed by atoms with E-state index in [9.17, 15) is 9.59 Å². The number of nitrogens with one attached hydrogen (secondary N) is 1. The Bertz CT molecular complexity index is 1010. The molecule has 2 amide bonds. The van der Waals surface area contributed by atoms with Crippen molar-refractivity contribution in [2.24, 2.45) is 13.0 Å². The van der Waals surface area contributed by atoms with Crippen LogP contribution in [0.4, 0.5) is 0 Å². The number of hydrogen-bond acceptors (Lipinski definition) is 4. The maximum absolute atomic E-state index is 13.2. The monoisotopic (exact) mass is 426 g/mol. The number of benzene rings is 1. The predicted molar refractivity (Wildman–Crippen MR) is 112 cm³/mol. The number of imidazole rings is 1. The number of nitrogens with zero attached hydrogens (tertiary/aromatic N) is 3. The average molecular weight is 427 g/mol. The molecule has 1 aromatic carbocycles. The second-order valence-corrected chi connectivity index (χ2v) is 7.93. The molecule has 0 spiro atoms. The quantitative estimate of drug-likeness (QED) is 0.677. The predicted octanol–water partition coefficient (Wildman–Crippen LogP) is 3.42. The van der Waals surface area contributed by atoms with E-state index in [0.717, 1.165) is 24.2 Å². The minimum absolute atomic E-state index is 0.0948. The van der Waals surface area contributed by atoms with Crippen LogP contribution in [0.1, 0.15) is 40.6 Å². The van der Waals surface area contributed by atoms with Gasteiger partial charge in [0.25, 0.3) is 5.91 Å². The average Bonchev–Trinajstić information content (AvgIpc) is 3.44. The summed E-state index contributed by atoms with van der Waals surface area (Å²) in [7, 11) is 1.89. The maximum Gasteiger partial charge on any atom is 0.257 e. The number of piperidine rings is 1. The van der Waals surface area contributed by atoms with E-state index in [-0.39, 0.29) is 17.7 Å². The van der Waals surface area contributed by atoms with Gasteiger partial charge < -0.3 is 19.2 Å². The molecule has 8 heteroatoms. The largest absolute Gasteiger partial charge is 0.472 e. The summed E-state index contributed by atoms with van der Waals surface area (Å²) in [5.41, 5.74) is 1.40. The van der Waals surface area contributed by atoms with Crippen molar-refractivity contribution in [1.29, 1.82) is 0 Å². The third-order valence-corrected chi connectivity index (χ3v) is 5.71. The number of hydrogen-bond donors (Lipinski definition) is 1. The lowest BCUT2D eigenvalue weighted by molar-refractivity contribution is -0.126. The van der Waals surface area contributed by atoms with Gasteiger partial charge in [0.1, 0.15) is 18.1 Å². The molecule has 0 aliphatic carbocycles. The van der Waals surface area contributed by atoms with E-state index in [1.165, 1.54) is 12.5 Å². The molecule has 2 atom stereocenters. The number of furan rings is 1. The molecule has 1 aliphatic rings. The van der Waals surface area contributed by atoms with Crippen LogP contribution in [-0.2, 0) is 11.8 Å². The maximum atomic E-state index is 13.2. The van der Waals surface area contributed by atoms with Crippen molar-refractivity contribution in [2.45, 2.75) is 18.9 Å². The summed E-state index contributed by atoms with van der Waals surface area (Å²) in [6.45, 7) is 1.01. The third kappa shape index (κ3) is 4.26. The first-order valence-electron chi connectivity index (χ1n) is 9.87. The minimum atomic E-state index is -0.408. The lowest BCUT2D eigenvalue weighted by Crippen LogP contribution is -2.46. The summed E-state index contributed by atoms with van der Waals surface area (Å²) in [6.07, 6.45) is 7.96. The van der Waals surface area contributed by atoms with Gasteiger partial charge in [-0.05, 0) is 36.6 Å². The van der Waals surface area contributed by atoms with E-state index < -0.39 is 6.04 Å². The highest BCUT2D eigenvalue weighted by molar-refractivity contribution is 6.30. The van der Waals surface area contributed by atoms with Crippen molar-refractivity contribution < 1.29 is 14.0 Å². The highest BCUT2D eigenvalue weighted by Gasteiger charge is 2.31. The molecule has 0 unspecified atom stereocenters. The standard InChI is InChI=1S/C22H23ClN4O3/c1-26-11-9-24-20(26)19(15-4-6-18(23)7-5-15)25-21(28)16-3-2-10-27(13-16)22(29)17-8-12-30-14-17/h4-9,11-12,14,16,19H,2-3,10,13H2,1H3,(H,25,28)/t16-,19-/m1/s1. The highest BCUT2D eigenvalue weighted by atomic mass is 35.5. The number of halogens is 1. The van der Waals surface area contributed by atoms with Crippen LogP contribution < -0.4 is 5.32 Å². The van der Waals surface area contributed by atoms with E-state index in [4.69, 9.17) is 16.0 Å². The molecule has 1 aliphatic heterocycles. The molecule has 7 nitrogen and oxygen atoms in total. The van der Waals surface area contributed by atoms with Crippen LogP contribution in [0, 0.1) is 5.92 Å². The van der Waals surface area contributed by atoms with E-state index in [1.807, 2.05) is 29.9 Å². The van der Waals surface area contributed by atoms with Crippen molar-refractivity contribution in [3.05, 3.63) is 77.2 Å². The van der Waals surface area contributed by atoms with Crippen LogP contribution in [0.2, 0.25) is 5.02 Å². The second kappa shape index (κ2) is 8.75. The van der Waals surface area contributed by atoms with E-state index in [0.29, 0.717) is 23.7 Å². The molecule has 0 saturated carbocycles. The van der Waals surface area contributed by atoms with Gasteiger partial charge in [0, 0.05) is 37.6 Å². The molecule has 3 heterocycles. The number of aromatic nitrogens is 2. The Kier molecular flexibility index (Phi) is 5.90. The number of likely N-dealkylation sites (tertiary alicyclic amines) is 1. The Morgan fingerprint density at radius 2 is 2.07 bits per heavy atom. The molecular formula is C22H23ClN4O3. The van der Waals surface area contributed by atoms with Gasteiger partial charge in [-0.1, -0.05) is 23.7 Å². The molecule has 3 aromatic rings. The van der Waals surface area contributed by atoms with Crippen molar-refractivity contribution in [1.82, 2.24) is 19.8 Å². The Balaban J connectivity index is 1.51. The summed E-state index contributed by atoms with van der Waals surface area (Å²) in [5, 5.41) is 3.77. The fourth-order valence-corrected chi connectivity index (χ4v) is 3.94. The number of aryl methyl sites for hydroxylation is 1. The molecule has 1 fully saturated rings. The first-order chi connectivity index (χ1) is 14.5. The van der Waals surface area contributed by atoms with Gasteiger partial charge in [-0.2, -0.15) is 0 Å². The summed E-state index contributed by atoms with van der Waals surface area (Å²) < 4.78 is 6.90. The number of rotatable bonds is 5. The molecule has 156 valence electrons. The second-order valence-electron chi connectivity index (χ2n) is 7.49. The fraction of sp³-hybridized carbons (Fsp3) is 0.318. The summed E-state index contributed by atoms with van der Waals surface area (Å²) in [6, 6.07) is 8.60. The Morgan fingerprint density at radius 1 is 1.27 bits per heavy atom. The molecule has 4 rings (SSSR count). The van der Waals surface area contributed by atoms with Crippen LogP contribution in [0.3, 0.4) is 0 Å². The van der Waals surface area contributed by atoms with Crippen LogP contribution in [0.5, 0.6) is 0 Å². The summed E-state index contributed by atoms with van der Waals surface area (Å²) >= 11 is 6.04. The van der Waals surface area contributed by atoms with E-state index in [2.05, 4.69) is 10.3 Å².